The average molecular weight is 281 g/mol. The first kappa shape index (κ1) is 13.2. The van der Waals surface area contributed by atoms with Crippen molar-refractivity contribution in [1.82, 2.24) is 14.8 Å². The highest BCUT2D eigenvalue weighted by molar-refractivity contribution is 5.81. The van der Waals surface area contributed by atoms with Gasteiger partial charge in [0.2, 0.25) is 0 Å². The van der Waals surface area contributed by atoms with Crippen LogP contribution in [0.4, 0.5) is 0 Å². The second-order valence-electron chi connectivity index (χ2n) is 6.37. The molecule has 4 rings (SSSR count). The van der Waals surface area contributed by atoms with Gasteiger partial charge >= 0.3 is 0 Å². The monoisotopic (exact) mass is 281 g/mol. The second kappa shape index (κ2) is 5.74. The number of para-hydroxylation sites is 1. The van der Waals surface area contributed by atoms with Crippen molar-refractivity contribution < 1.29 is 0 Å². The van der Waals surface area contributed by atoms with Crippen molar-refractivity contribution in [3.63, 3.8) is 0 Å². The van der Waals surface area contributed by atoms with E-state index in [-0.39, 0.29) is 0 Å². The lowest BCUT2D eigenvalue weighted by molar-refractivity contribution is 0.105. The van der Waals surface area contributed by atoms with Gasteiger partial charge in [0, 0.05) is 43.8 Å². The van der Waals surface area contributed by atoms with E-state index in [1.165, 1.54) is 62.0 Å². The molecule has 1 atom stereocenters. The fourth-order valence-corrected chi connectivity index (χ4v) is 3.91. The first-order chi connectivity index (χ1) is 10.4. The van der Waals surface area contributed by atoms with Gasteiger partial charge in [0.25, 0.3) is 0 Å². The number of benzene rings is 1. The van der Waals surface area contributed by atoms with Gasteiger partial charge in [-0.3, -0.25) is 9.88 Å². The summed E-state index contributed by atoms with van der Waals surface area (Å²) in [5.74, 6) is 0. The zero-order chi connectivity index (χ0) is 14.1. The Morgan fingerprint density at radius 3 is 3.05 bits per heavy atom. The van der Waals surface area contributed by atoms with Crippen LogP contribution < -0.4 is 0 Å². The van der Waals surface area contributed by atoms with Crippen molar-refractivity contribution >= 4 is 10.9 Å². The zero-order valence-electron chi connectivity index (χ0n) is 12.5. The van der Waals surface area contributed by atoms with E-state index in [1.807, 2.05) is 12.3 Å². The number of fused-ring (bicyclic) bond motifs is 2. The number of hydrogen-bond acceptors (Lipinski definition) is 3. The summed E-state index contributed by atoms with van der Waals surface area (Å²) in [5.41, 5.74) is 2.57. The van der Waals surface area contributed by atoms with Crippen LogP contribution in [0, 0.1) is 0 Å². The summed E-state index contributed by atoms with van der Waals surface area (Å²) in [6, 6.07) is 11.6. The standard InChI is InChI=1S/C18H23N3/c1-4-15-6-2-9-19-18(15)16(5-1)8-11-20-12-13-21-10-3-7-17(21)14-20/h1-2,4-6,9,17H,3,7-8,10-14H2. The van der Waals surface area contributed by atoms with E-state index in [1.54, 1.807) is 0 Å². The maximum absolute atomic E-state index is 4.57. The molecule has 3 heterocycles. The molecular formula is C18H23N3. The predicted octanol–water partition coefficient (Wildman–Crippen LogP) is 2.56. The lowest BCUT2D eigenvalue weighted by atomic mass is 10.1. The minimum Gasteiger partial charge on any atom is -0.300 e. The van der Waals surface area contributed by atoms with Crippen molar-refractivity contribution in [2.75, 3.05) is 32.7 Å². The molecule has 0 radical (unpaired) electrons. The summed E-state index contributed by atoms with van der Waals surface area (Å²) >= 11 is 0. The molecule has 3 heteroatoms. The van der Waals surface area contributed by atoms with Crippen LogP contribution >= 0.6 is 0 Å². The molecule has 1 aromatic heterocycles. The maximum atomic E-state index is 4.57. The molecule has 110 valence electrons. The van der Waals surface area contributed by atoms with E-state index in [9.17, 15) is 0 Å². The van der Waals surface area contributed by atoms with Gasteiger partial charge in [0.05, 0.1) is 5.52 Å². The number of piperazine rings is 1. The topological polar surface area (TPSA) is 19.4 Å². The van der Waals surface area contributed by atoms with Gasteiger partial charge in [0.15, 0.2) is 0 Å². The molecule has 0 bridgehead atoms. The highest BCUT2D eigenvalue weighted by atomic mass is 15.3. The highest BCUT2D eigenvalue weighted by Crippen LogP contribution is 2.22. The molecule has 2 aromatic rings. The average Bonchev–Trinajstić information content (AvgIpc) is 3.00. The predicted molar refractivity (Wildman–Crippen MR) is 86.5 cm³/mol. The van der Waals surface area contributed by atoms with Crippen LogP contribution in [0.1, 0.15) is 18.4 Å². The van der Waals surface area contributed by atoms with Crippen LogP contribution in [-0.4, -0.2) is 53.5 Å². The Hall–Kier alpha value is -1.45. The minimum absolute atomic E-state index is 0.824. The van der Waals surface area contributed by atoms with Gasteiger partial charge in [-0.2, -0.15) is 0 Å². The molecule has 0 spiro atoms. The smallest absolute Gasteiger partial charge is 0.0734 e. The number of rotatable bonds is 3. The molecule has 3 nitrogen and oxygen atoms in total. The first-order valence-electron chi connectivity index (χ1n) is 8.19. The number of hydrogen-bond donors (Lipinski definition) is 0. The Morgan fingerprint density at radius 1 is 1.10 bits per heavy atom. The van der Waals surface area contributed by atoms with Crippen LogP contribution in [0.2, 0.25) is 0 Å². The van der Waals surface area contributed by atoms with Crippen molar-refractivity contribution in [2.45, 2.75) is 25.3 Å². The normalized spacial score (nSPS) is 23.5. The lowest BCUT2D eigenvalue weighted by Crippen LogP contribution is -2.50. The molecule has 0 aliphatic carbocycles. The molecule has 0 amide bonds. The third kappa shape index (κ3) is 2.68. The third-order valence-electron chi connectivity index (χ3n) is 5.09. The molecular weight excluding hydrogens is 258 g/mol. The van der Waals surface area contributed by atoms with Gasteiger partial charge in [-0.1, -0.05) is 24.3 Å². The van der Waals surface area contributed by atoms with Crippen molar-refractivity contribution in [3.05, 3.63) is 42.1 Å². The molecule has 2 fully saturated rings. The fourth-order valence-electron chi connectivity index (χ4n) is 3.91. The quantitative estimate of drug-likeness (QED) is 0.862. The molecule has 1 aromatic carbocycles. The minimum atomic E-state index is 0.824. The molecule has 0 saturated carbocycles. The Morgan fingerprint density at radius 2 is 2.05 bits per heavy atom. The van der Waals surface area contributed by atoms with Crippen LogP contribution in [-0.2, 0) is 6.42 Å². The molecule has 0 N–H and O–H groups in total. The maximum Gasteiger partial charge on any atom is 0.0734 e. The summed E-state index contributed by atoms with van der Waals surface area (Å²) in [7, 11) is 0. The summed E-state index contributed by atoms with van der Waals surface area (Å²) in [6.07, 6.45) is 5.81. The number of aromatic nitrogens is 1. The van der Waals surface area contributed by atoms with E-state index in [0.717, 1.165) is 12.5 Å². The van der Waals surface area contributed by atoms with E-state index in [0.29, 0.717) is 0 Å². The van der Waals surface area contributed by atoms with Crippen LogP contribution in [0.3, 0.4) is 0 Å². The van der Waals surface area contributed by atoms with Crippen LogP contribution in [0.5, 0.6) is 0 Å². The van der Waals surface area contributed by atoms with Gasteiger partial charge in [-0.25, -0.2) is 0 Å². The van der Waals surface area contributed by atoms with Crippen molar-refractivity contribution in [3.8, 4) is 0 Å². The Balaban J connectivity index is 1.44. The van der Waals surface area contributed by atoms with E-state index < -0.39 is 0 Å². The highest BCUT2D eigenvalue weighted by Gasteiger charge is 2.30. The van der Waals surface area contributed by atoms with Gasteiger partial charge < -0.3 is 4.90 Å². The van der Waals surface area contributed by atoms with Crippen molar-refractivity contribution in [1.29, 1.82) is 0 Å². The summed E-state index contributed by atoms with van der Waals surface area (Å²) in [6.45, 7) is 6.25. The van der Waals surface area contributed by atoms with E-state index >= 15 is 0 Å². The summed E-state index contributed by atoms with van der Waals surface area (Å²) in [5, 5.41) is 1.26. The van der Waals surface area contributed by atoms with Crippen LogP contribution in [0.15, 0.2) is 36.5 Å². The zero-order valence-corrected chi connectivity index (χ0v) is 12.5. The van der Waals surface area contributed by atoms with Crippen molar-refractivity contribution in [2.24, 2.45) is 0 Å². The first-order valence-corrected chi connectivity index (χ1v) is 8.19. The Bertz CT molecular complexity index is 619. The van der Waals surface area contributed by atoms with Gasteiger partial charge in [-0.05, 0) is 37.4 Å². The number of nitrogens with zero attached hydrogens (tertiary/aromatic N) is 3. The third-order valence-corrected chi connectivity index (χ3v) is 5.09. The van der Waals surface area contributed by atoms with Gasteiger partial charge in [0.1, 0.15) is 0 Å². The lowest BCUT2D eigenvalue weighted by Gasteiger charge is -2.37. The van der Waals surface area contributed by atoms with E-state index in [2.05, 4.69) is 39.0 Å². The molecule has 2 saturated heterocycles. The fraction of sp³-hybridized carbons (Fsp3) is 0.500. The molecule has 1 unspecified atom stereocenters. The Kier molecular flexibility index (Phi) is 3.62. The summed E-state index contributed by atoms with van der Waals surface area (Å²) < 4.78 is 0. The van der Waals surface area contributed by atoms with Crippen LogP contribution in [0.25, 0.3) is 10.9 Å². The second-order valence-corrected chi connectivity index (χ2v) is 6.37. The van der Waals surface area contributed by atoms with Gasteiger partial charge in [-0.15, -0.1) is 0 Å². The number of pyridine rings is 1. The molecule has 21 heavy (non-hydrogen) atoms. The molecule has 2 aliphatic heterocycles. The summed E-state index contributed by atoms with van der Waals surface area (Å²) in [4.78, 5) is 9.89. The SMILES string of the molecule is c1cnc2c(CCN3CCN4CCCC4C3)cccc2c1. The molecule has 2 aliphatic rings. The van der Waals surface area contributed by atoms with E-state index in [4.69, 9.17) is 0 Å². The largest absolute Gasteiger partial charge is 0.300 e. The Labute approximate surface area is 126 Å².